The number of alkyl halides is 2. The molecule has 230 valence electrons. The van der Waals surface area contributed by atoms with E-state index in [1.54, 1.807) is 0 Å². The third kappa shape index (κ3) is 9.43. The molecule has 2 unspecified atom stereocenters. The fourth-order valence-electron chi connectivity index (χ4n) is 6.52. The highest BCUT2D eigenvalue weighted by molar-refractivity contribution is 5.76. The quantitative estimate of drug-likeness (QED) is 0.317. The molecule has 2 atom stereocenters. The molecule has 3 N–H and O–H groups in total. The van der Waals surface area contributed by atoms with Gasteiger partial charge in [-0.25, -0.2) is 8.78 Å². The fraction of sp³-hybridized carbons (Fsp3) is 0.656. The van der Waals surface area contributed by atoms with Crippen molar-refractivity contribution in [2.24, 2.45) is 17.1 Å². The number of hydrogen-bond donors (Lipinski definition) is 2. The fourth-order valence-corrected chi connectivity index (χ4v) is 6.52. The summed E-state index contributed by atoms with van der Waals surface area (Å²) in [5.74, 6) is -2.29. The molecule has 2 heterocycles. The molecule has 2 aliphatic carbocycles. The maximum absolute atomic E-state index is 12.5. The highest BCUT2D eigenvalue weighted by Gasteiger charge is 2.47. The number of halogens is 2. The van der Waals surface area contributed by atoms with Crippen molar-refractivity contribution in [2.75, 3.05) is 39.6 Å². The average molecular weight is 577 g/mol. The normalized spacial score (nSPS) is 27.5. The number of amides is 1. The van der Waals surface area contributed by atoms with Crippen LogP contribution in [0.4, 0.5) is 8.78 Å². The third-order valence-corrected chi connectivity index (χ3v) is 8.81. The lowest BCUT2D eigenvalue weighted by molar-refractivity contribution is -0.162. The molecule has 1 spiro atoms. The Kier molecular flexibility index (Phi) is 11.6. The van der Waals surface area contributed by atoms with Gasteiger partial charge in [0.1, 0.15) is 6.79 Å². The second kappa shape index (κ2) is 14.5. The van der Waals surface area contributed by atoms with E-state index in [1.165, 1.54) is 12.0 Å². The Morgan fingerprint density at radius 2 is 1.85 bits per heavy atom. The van der Waals surface area contributed by atoms with Crippen LogP contribution in [0.3, 0.4) is 0 Å². The number of primary amides is 1. The van der Waals surface area contributed by atoms with Crippen LogP contribution in [0.1, 0.15) is 64.7 Å². The summed E-state index contributed by atoms with van der Waals surface area (Å²) in [6.07, 6.45) is 13.5. The Morgan fingerprint density at radius 1 is 1.17 bits per heavy atom. The molecule has 9 heteroatoms. The molecule has 0 radical (unpaired) electrons. The number of allylic oxidation sites excluding steroid dienone is 4. The van der Waals surface area contributed by atoms with Crippen molar-refractivity contribution < 1.29 is 23.0 Å². The minimum absolute atomic E-state index is 0.0153. The van der Waals surface area contributed by atoms with Gasteiger partial charge in [0.25, 0.3) is 0 Å². The number of carbonyl (C=O) groups is 1. The Bertz CT molecular complexity index is 968. The molecule has 0 bridgehead atoms. The van der Waals surface area contributed by atoms with Crippen LogP contribution in [0.15, 0.2) is 62.1 Å². The molecule has 2 saturated heterocycles. The van der Waals surface area contributed by atoms with Crippen molar-refractivity contribution >= 4 is 5.91 Å². The average Bonchev–Trinajstić information content (AvgIpc) is 3.47. The summed E-state index contributed by atoms with van der Waals surface area (Å²) in [5.41, 5.74) is 6.34. The number of ether oxygens (including phenoxy) is 2. The Hall–Kier alpha value is -2.65. The molecule has 41 heavy (non-hydrogen) atoms. The van der Waals surface area contributed by atoms with Gasteiger partial charge in [0.05, 0.1) is 24.6 Å². The second-order valence-corrected chi connectivity index (χ2v) is 12.5. The molecular formula is C32H50F2N4O3. The van der Waals surface area contributed by atoms with Crippen LogP contribution >= 0.6 is 0 Å². The SMILES string of the molecule is C=C/C=C(\C=C)CCCN(C=C)C1CCC2(C1)CN(CC1(C)COCOC1)C(=C)N2.NC(=O)C1CCC(F)(F)CC1. The monoisotopic (exact) mass is 576 g/mol. The summed E-state index contributed by atoms with van der Waals surface area (Å²) in [7, 11) is 0. The zero-order chi connectivity index (χ0) is 30.1. The van der Waals surface area contributed by atoms with Crippen molar-refractivity contribution in [3.05, 3.63) is 62.1 Å². The van der Waals surface area contributed by atoms with Gasteiger partial charge in [0.15, 0.2) is 0 Å². The minimum atomic E-state index is -2.56. The molecule has 7 nitrogen and oxygen atoms in total. The van der Waals surface area contributed by atoms with Crippen LogP contribution in [0.5, 0.6) is 0 Å². The molecule has 0 aromatic rings. The lowest BCUT2D eigenvalue weighted by Crippen LogP contribution is -2.45. The van der Waals surface area contributed by atoms with Crippen LogP contribution < -0.4 is 11.1 Å². The first-order valence-corrected chi connectivity index (χ1v) is 14.8. The van der Waals surface area contributed by atoms with Gasteiger partial charge in [0.2, 0.25) is 11.8 Å². The van der Waals surface area contributed by atoms with Crippen molar-refractivity contribution in [3.63, 3.8) is 0 Å². The number of nitrogens with one attached hydrogen (secondary N) is 1. The van der Waals surface area contributed by atoms with E-state index in [0.29, 0.717) is 12.8 Å². The van der Waals surface area contributed by atoms with Crippen LogP contribution in [-0.2, 0) is 14.3 Å². The molecule has 4 fully saturated rings. The van der Waals surface area contributed by atoms with Crippen molar-refractivity contribution in [1.82, 2.24) is 15.1 Å². The molecule has 0 aromatic carbocycles. The van der Waals surface area contributed by atoms with E-state index in [0.717, 1.165) is 64.4 Å². The van der Waals surface area contributed by atoms with E-state index in [4.69, 9.17) is 15.2 Å². The lowest BCUT2D eigenvalue weighted by Gasteiger charge is -2.37. The standard InChI is InChI=1S/C25H39N3O2.C7H11F2NO/c1-6-10-22(7-2)11-9-14-27(8-3)23-12-13-25(15-23)17-28(21(4)26-25)16-24(5)18-29-20-30-19-24;8-7(9)3-1-5(2-4-7)6(10)11/h6-8,10,23,26H,1-4,9,11-20H2,5H3;5H,1-4H2,(H2,10,11)/b22-10+;. The molecule has 2 saturated carbocycles. The van der Waals surface area contributed by atoms with Crippen LogP contribution in [-0.4, -0.2) is 72.9 Å². The number of nitrogens with two attached hydrogens (primary N) is 1. The van der Waals surface area contributed by atoms with Crippen molar-refractivity contribution in [3.8, 4) is 0 Å². The Labute approximate surface area is 245 Å². The topological polar surface area (TPSA) is 80.1 Å². The number of rotatable bonds is 11. The van der Waals surface area contributed by atoms with Gasteiger partial charge in [0, 0.05) is 49.9 Å². The van der Waals surface area contributed by atoms with E-state index in [-0.39, 0.29) is 42.6 Å². The van der Waals surface area contributed by atoms with Crippen LogP contribution in [0, 0.1) is 11.3 Å². The van der Waals surface area contributed by atoms with Gasteiger partial charge in [-0.15, -0.1) is 0 Å². The van der Waals surface area contributed by atoms with Crippen LogP contribution in [0.25, 0.3) is 0 Å². The second-order valence-electron chi connectivity index (χ2n) is 12.5. The largest absolute Gasteiger partial charge is 0.375 e. The van der Waals surface area contributed by atoms with Crippen LogP contribution in [0.2, 0.25) is 0 Å². The Balaban J connectivity index is 0.000000352. The third-order valence-electron chi connectivity index (χ3n) is 8.81. The van der Waals surface area contributed by atoms with Gasteiger partial charge < -0.3 is 30.3 Å². The predicted molar refractivity (Wildman–Crippen MR) is 160 cm³/mol. The first kappa shape index (κ1) is 32.9. The highest BCUT2D eigenvalue weighted by Crippen LogP contribution is 2.40. The van der Waals surface area contributed by atoms with Gasteiger partial charge in [-0.1, -0.05) is 51.5 Å². The highest BCUT2D eigenvalue weighted by atomic mass is 19.3. The predicted octanol–water partition coefficient (Wildman–Crippen LogP) is 5.49. The minimum Gasteiger partial charge on any atom is -0.375 e. The summed E-state index contributed by atoms with van der Waals surface area (Å²) in [5, 5.41) is 3.75. The van der Waals surface area contributed by atoms with Gasteiger partial charge >= 0.3 is 0 Å². The summed E-state index contributed by atoms with van der Waals surface area (Å²) in [6.45, 7) is 23.1. The summed E-state index contributed by atoms with van der Waals surface area (Å²) in [6, 6.07) is 0.523. The Morgan fingerprint density at radius 3 is 2.44 bits per heavy atom. The van der Waals surface area contributed by atoms with E-state index >= 15 is 0 Å². The van der Waals surface area contributed by atoms with E-state index in [1.807, 2.05) is 24.4 Å². The first-order chi connectivity index (χ1) is 19.4. The van der Waals surface area contributed by atoms with Gasteiger partial charge in [-0.05, 0) is 56.7 Å². The van der Waals surface area contributed by atoms with E-state index in [9.17, 15) is 13.6 Å². The zero-order valence-electron chi connectivity index (χ0n) is 24.9. The number of carbonyl (C=O) groups excluding carboxylic acids is 1. The lowest BCUT2D eigenvalue weighted by atomic mass is 9.86. The van der Waals surface area contributed by atoms with E-state index in [2.05, 4.69) is 48.4 Å². The van der Waals surface area contributed by atoms with E-state index < -0.39 is 11.8 Å². The summed E-state index contributed by atoms with van der Waals surface area (Å²) in [4.78, 5) is 15.4. The number of hydrogen-bond acceptors (Lipinski definition) is 6. The van der Waals surface area contributed by atoms with Gasteiger partial charge in [-0.3, -0.25) is 4.79 Å². The molecule has 4 rings (SSSR count). The smallest absolute Gasteiger partial charge is 0.248 e. The first-order valence-electron chi connectivity index (χ1n) is 14.8. The van der Waals surface area contributed by atoms with Gasteiger partial charge in [-0.2, -0.15) is 0 Å². The maximum Gasteiger partial charge on any atom is 0.248 e. The van der Waals surface area contributed by atoms with Crippen molar-refractivity contribution in [2.45, 2.75) is 82.2 Å². The summed E-state index contributed by atoms with van der Waals surface area (Å²) >= 11 is 0. The zero-order valence-corrected chi connectivity index (χ0v) is 24.9. The summed E-state index contributed by atoms with van der Waals surface area (Å²) < 4.78 is 36.1. The molecule has 1 amide bonds. The molecule has 4 aliphatic rings. The molecule has 0 aromatic heterocycles. The van der Waals surface area contributed by atoms with Crippen molar-refractivity contribution in [1.29, 1.82) is 0 Å². The number of nitrogens with zero attached hydrogens (tertiary/aromatic N) is 2. The molecule has 2 aliphatic heterocycles. The maximum atomic E-state index is 12.5. The molecular weight excluding hydrogens is 526 g/mol.